The zero-order valence-electron chi connectivity index (χ0n) is 8.76. The molecule has 0 fully saturated rings. The van der Waals surface area contributed by atoms with Gasteiger partial charge >= 0.3 is 0 Å². The highest BCUT2D eigenvalue weighted by Gasteiger charge is 2.03. The molecular weight excluding hydrogens is 194 g/mol. The molecule has 1 aromatic carbocycles. The van der Waals surface area contributed by atoms with Crippen LogP contribution >= 0.6 is 12.2 Å². The van der Waals surface area contributed by atoms with E-state index in [-0.39, 0.29) is 0 Å². The van der Waals surface area contributed by atoms with Gasteiger partial charge in [0.25, 0.3) is 5.17 Å². The van der Waals surface area contributed by atoms with E-state index < -0.39 is 0 Å². The van der Waals surface area contributed by atoms with Crippen LogP contribution in [0, 0.1) is 13.8 Å². The topological polar surface area (TPSA) is 21.3 Å². The second-order valence-electron chi connectivity index (χ2n) is 3.11. The Bertz CT molecular complexity index is 316. The molecule has 0 aliphatic carbocycles. The summed E-state index contributed by atoms with van der Waals surface area (Å²) < 4.78 is 5.18. The SMILES string of the molecule is CCOC(=S)Nc1c(C)cccc1C. The van der Waals surface area contributed by atoms with E-state index in [1.165, 1.54) is 11.1 Å². The number of rotatable bonds is 2. The normalized spacial score (nSPS) is 9.64. The van der Waals surface area contributed by atoms with E-state index in [1.807, 2.05) is 39.0 Å². The van der Waals surface area contributed by atoms with E-state index in [0.717, 1.165) is 5.69 Å². The van der Waals surface area contributed by atoms with E-state index in [2.05, 4.69) is 5.32 Å². The summed E-state index contributed by atoms with van der Waals surface area (Å²) in [5.74, 6) is 0. The van der Waals surface area contributed by atoms with Crippen molar-refractivity contribution in [1.82, 2.24) is 0 Å². The second kappa shape index (κ2) is 4.96. The van der Waals surface area contributed by atoms with Crippen LogP contribution in [0.5, 0.6) is 0 Å². The average Bonchev–Trinajstić information content (AvgIpc) is 2.12. The molecule has 0 amide bonds. The molecule has 1 aromatic rings. The Balaban J connectivity index is 2.80. The van der Waals surface area contributed by atoms with Crippen molar-refractivity contribution < 1.29 is 4.74 Å². The van der Waals surface area contributed by atoms with Gasteiger partial charge in [0.15, 0.2) is 0 Å². The van der Waals surface area contributed by atoms with Gasteiger partial charge in [-0.1, -0.05) is 18.2 Å². The van der Waals surface area contributed by atoms with Crippen LogP contribution in [-0.2, 0) is 4.74 Å². The molecule has 0 atom stereocenters. The van der Waals surface area contributed by atoms with Gasteiger partial charge in [0, 0.05) is 5.69 Å². The minimum atomic E-state index is 0.435. The molecule has 0 unspecified atom stereocenters. The van der Waals surface area contributed by atoms with Crippen LogP contribution in [0.15, 0.2) is 18.2 Å². The summed E-state index contributed by atoms with van der Waals surface area (Å²) >= 11 is 5.02. The third-order valence-corrected chi connectivity index (χ3v) is 2.20. The van der Waals surface area contributed by atoms with Crippen molar-refractivity contribution in [1.29, 1.82) is 0 Å². The Kier molecular flexibility index (Phi) is 3.89. The highest BCUT2D eigenvalue weighted by atomic mass is 32.1. The molecule has 0 aromatic heterocycles. The zero-order chi connectivity index (χ0) is 10.6. The monoisotopic (exact) mass is 209 g/mol. The van der Waals surface area contributed by atoms with Crippen molar-refractivity contribution in [2.45, 2.75) is 20.8 Å². The Morgan fingerprint density at radius 1 is 1.36 bits per heavy atom. The number of ether oxygens (including phenoxy) is 1. The molecule has 0 aliphatic rings. The minimum Gasteiger partial charge on any atom is -0.471 e. The highest BCUT2D eigenvalue weighted by molar-refractivity contribution is 7.80. The molecule has 76 valence electrons. The van der Waals surface area contributed by atoms with Gasteiger partial charge in [-0.2, -0.15) is 0 Å². The summed E-state index contributed by atoms with van der Waals surface area (Å²) in [4.78, 5) is 0. The lowest BCUT2D eigenvalue weighted by Gasteiger charge is -2.12. The maximum absolute atomic E-state index is 5.18. The first-order valence-electron chi connectivity index (χ1n) is 4.65. The van der Waals surface area contributed by atoms with Crippen LogP contribution in [0.1, 0.15) is 18.1 Å². The van der Waals surface area contributed by atoms with Crippen LogP contribution in [0.3, 0.4) is 0 Å². The molecule has 0 radical (unpaired) electrons. The Morgan fingerprint density at radius 2 is 1.93 bits per heavy atom. The van der Waals surface area contributed by atoms with Gasteiger partial charge in [0.2, 0.25) is 0 Å². The number of aryl methyl sites for hydroxylation is 2. The molecule has 1 rings (SSSR count). The van der Waals surface area contributed by atoms with Crippen molar-refractivity contribution >= 4 is 23.1 Å². The van der Waals surface area contributed by atoms with Gasteiger partial charge < -0.3 is 10.1 Å². The van der Waals surface area contributed by atoms with Crippen molar-refractivity contribution in [3.63, 3.8) is 0 Å². The molecule has 14 heavy (non-hydrogen) atoms. The van der Waals surface area contributed by atoms with Gasteiger partial charge in [-0.25, -0.2) is 0 Å². The van der Waals surface area contributed by atoms with Crippen molar-refractivity contribution in [2.24, 2.45) is 0 Å². The molecule has 2 nitrogen and oxygen atoms in total. The average molecular weight is 209 g/mol. The van der Waals surface area contributed by atoms with E-state index >= 15 is 0 Å². The summed E-state index contributed by atoms with van der Waals surface area (Å²) in [7, 11) is 0. The third kappa shape index (κ3) is 2.70. The summed E-state index contributed by atoms with van der Waals surface area (Å²) in [6.07, 6.45) is 0. The van der Waals surface area contributed by atoms with Gasteiger partial charge in [0.1, 0.15) is 0 Å². The van der Waals surface area contributed by atoms with Gasteiger partial charge in [-0.15, -0.1) is 0 Å². The van der Waals surface area contributed by atoms with Crippen molar-refractivity contribution in [3.05, 3.63) is 29.3 Å². The molecule has 0 saturated carbocycles. The predicted octanol–water partition coefficient (Wildman–Crippen LogP) is 3.04. The second-order valence-corrected chi connectivity index (χ2v) is 3.48. The molecule has 0 heterocycles. The first kappa shape index (κ1) is 11.0. The quantitative estimate of drug-likeness (QED) is 0.756. The molecule has 3 heteroatoms. The fourth-order valence-electron chi connectivity index (χ4n) is 1.28. The maximum atomic E-state index is 5.18. The van der Waals surface area contributed by atoms with Crippen LogP contribution in [0.2, 0.25) is 0 Å². The number of thiocarbonyl (C=S) groups is 1. The number of anilines is 1. The van der Waals surface area contributed by atoms with Crippen LogP contribution in [0.4, 0.5) is 5.69 Å². The fourth-order valence-corrected chi connectivity index (χ4v) is 1.50. The van der Waals surface area contributed by atoms with E-state index in [9.17, 15) is 0 Å². The van der Waals surface area contributed by atoms with E-state index in [0.29, 0.717) is 11.8 Å². The number of hydrogen-bond donors (Lipinski definition) is 1. The lowest BCUT2D eigenvalue weighted by Crippen LogP contribution is -2.14. The summed E-state index contributed by atoms with van der Waals surface area (Å²) in [6, 6.07) is 6.12. The highest BCUT2D eigenvalue weighted by Crippen LogP contribution is 2.19. The number of para-hydroxylation sites is 1. The molecule has 0 bridgehead atoms. The Hall–Kier alpha value is -1.09. The minimum absolute atomic E-state index is 0.435. The summed E-state index contributed by atoms with van der Waals surface area (Å²) in [5, 5.41) is 3.52. The molecular formula is C11H15NOS. The van der Waals surface area contributed by atoms with Crippen LogP contribution in [0.25, 0.3) is 0 Å². The van der Waals surface area contributed by atoms with Gasteiger partial charge in [0.05, 0.1) is 6.61 Å². The molecule has 0 saturated heterocycles. The van der Waals surface area contributed by atoms with Crippen LogP contribution in [-0.4, -0.2) is 11.8 Å². The first-order chi connectivity index (χ1) is 6.65. The molecule has 1 N–H and O–H groups in total. The number of benzene rings is 1. The van der Waals surface area contributed by atoms with E-state index in [1.54, 1.807) is 0 Å². The maximum Gasteiger partial charge on any atom is 0.261 e. The number of nitrogens with one attached hydrogen (secondary N) is 1. The largest absolute Gasteiger partial charge is 0.471 e. The molecule has 0 spiro atoms. The van der Waals surface area contributed by atoms with Crippen molar-refractivity contribution in [2.75, 3.05) is 11.9 Å². The van der Waals surface area contributed by atoms with Gasteiger partial charge in [-0.3, -0.25) is 0 Å². The molecule has 0 aliphatic heterocycles. The fraction of sp³-hybridized carbons (Fsp3) is 0.364. The zero-order valence-corrected chi connectivity index (χ0v) is 9.57. The third-order valence-electron chi connectivity index (χ3n) is 1.98. The van der Waals surface area contributed by atoms with Gasteiger partial charge in [-0.05, 0) is 44.1 Å². The van der Waals surface area contributed by atoms with E-state index in [4.69, 9.17) is 17.0 Å². The lowest BCUT2D eigenvalue weighted by molar-refractivity contribution is 0.335. The van der Waals surface area contributed by atoms with Crippen LogP contribution < -0.4 is 5.32 Å². The predicted molar refractivity (Wildman–Crippen MR) is 63.8 cm³/mol. The lowest BCUT2D eigenvalue weighted by atomic mass is 10.1. The Morgan fingerprint density at radius 3 is 2.43 bits per heavy atom. The first-order valence-corrected chi connectivity index (χ1v) is 5.06. The summed E-state index contributed by atoms with van der Waals surface area (Å²) in [5.41, 5.74) is 3.39. The Labute approximate surface area is 90.3 Å². The number of hydrogen-bond acceptors (Lipinski definition) is 2. The summed E-state index contributed by atoms with van der Waals surface area (Å²) in [6.45, 7) is 6.60. The smallest absolute Gasteiger partial charge is 0.261 e. The van der Waals surface area contributed by atoms with Crippen molar-refractivity contribution in [3.8, 4) is 0 Å². The standard InChI is InChI=1S/C11H15NOS/c1-4-13-11(14)12-10-8(2)6-5-7-9(10)3/h5-7H,4H2,1-3H3,(H,12,14).